The van der Waals surface area contributed by atoms with Crippen molar-refractivity contribution in [2.45, 2.75) is 329 Å². The lowest BCUT2D eigenvalue weighted by molar-refractivity contribution is -0.364. The number of hydrogen-bond donors (Lipinski definition) is 10. The zero-order chi connectivity index (χ0) is 58.0. The van der Waals surface area contributed by atoms with E-state index in [1.165, 1.54) is 7.11 Å². The molecule has 0 aromatic carbocycles. The summed E-state index contributed by atoms with van der Waals surface area (Å²) in [5.41, 5.74) is 23.0. The van der Waals surface area contributed by atoms with Crippen molar-refractivity contribution in [3.63, 3.8) is 0 Å². The third-order valence-electron chi connectivity index (χ3n) is 17.3. The smallest absolute Gasteiger partial charge is 0.187 e. The lowest BCUT2D eigenvalue weighted by Crippen LogP contribution is -2.66. The van der Waals surface area contributed by atoms with E-state index in [4.69, 9.17) is 98.7 Å². The Hall–Kier alpha value is -1.04. The molecule has 0 saturated carbocycles. The number of methoxy groups -OCH3 is 1. The van der Waals surface area contributed by atoms with Crippen LogP contribution in [0.25, 0.3) is 0 Å². The molecule has 8 aliphatic rings. The average Bonchev–Trinajstić information content (AvgIpc) is 3.32. The lowest BCUT2D eigenvalue weighted by atomic mass is 9.84. The summed E-state index contributed by atoms with van der Waals surface area (Å²) in [5, 5.41) is 67.0. The normalized spacial score (nSPS) is 56.0. The molecule has 0 radical (unpaired) electrons. The van der Waals surface area contributed by atoms with Gasteiger partial charge in [-0.25, -0.2) is 0 Å². The number of ether oxygens (including phenoxy) is 16. The quantitative estimate of drug-likeness (QED) is 0.0945. The number of aliphatic hydroxyl groups excluding tert-OH is 6. The second-order valence-electron chi connectivity index (χ2n) is 25.1. The van der Waals surface area contributed by atoms with E-state index in [0.29, 0.717) is 0 Å². The molecule has 460 valence electrons. The SMILES string of the molecule is COC1CC(O)C(OC2CC(C)(N)C(OC3OC(C)C(OC4CC(O)C(OC5CC(C)(N)C(OC6CC(O)C(OC7CC(C)(N)C(OC8CC(C)(N)C(O)C(C)O8)C(C)O7)C(C)O6)C(C)O5)C(C)O4)C(O)C3O)C(C)O2)C(C)O1. The van der Waals surface area contributed by atoms with Crippen LogP contribution >= 0.6 is 0 Å². The van der Waals surface area contributed by atoms with Crippen LogP contribution in [0.15, 0.2) is 0 Å². The zero-order valence-corrected chi connectivity index (χ0v) is 48.2. The largest absolute Gasteiger partial charge is 0.390 e. The highest BCUT2D eigenvalue weighted by Crippen LogP contribution is 2.41. The van der Waals surface area contributed by atoms with E-state index >= 15 is 0 Å². The highest BCUT2D eigenvalue weighted by atomic mass is 16.8. The van der Waals surface area contributed by atoms with Crippen LogP contribution in [0.5, 0.6) is 0 Å². The van der Waals surface area contributed by atoms with E-state index in [2.05, 4.69) is 0 Å². The van der Waals surface area contributed by atoms with E-state index in [1.807, 2.05) is 20.8 Å². The van der Waals surface area contributed by atoms with Gasteiger partial charge in [-0.15, -0.1) is 0 Å². The summed E-state index contributed by atoms with van der Waals surface area (Å²) in [5.74, 6) is 0. The van der Waals surface area contributed by atoms with Gasteiger partial charge in [0, 0.05) is 74.2 Å². The Morgan fingerprint density at radius 2 is 0.646 bits per heavy atom. The van der Waals surface area contributed by atoms with Crippen molar-refractivity contribution in [1.82, 2.24) is 0 Å². The molecule has 33 atom stereocenters. The van der Waals surface area contributed by atoms with E-state index in [1.54, 1.807) is 62.3 Å². The molecular weight excluding hydrogens is 1040 g/mol. The molecule has 0 amide bonds. The van der Waals surface area contributed by atoms with Crippen LogP contribution in [-0.2, 0) is 75.8 Å². The molecule has 8 saturated heterocycles. The summed E-state index contributed by atoms with van der Waals surface area (Å²) in [6, 6.07) is 0. The minimum absolute atomic E-state index is 0.0522. The molecule has 0 spiro atoms. The Bertz CT molecular complexity index is 1930. The monoisotopic (exact) mass is 1140 g/mol. The van der Waals surface area contributed by atoms with Crippen LogP contribution in [0, 0.1) is 0 Å². The summed E-state index contributed by atoms with van der Waals surface area (Å²) in [4.78, 5) is 0. The van der Waals surface area contributed by atoms with Gasteiger partial charge in [0.2, 0.25) is 0 Å². The predicted octanol–water partition coefficient (Wildman–Crippen LogP) is -0.947. The Labute approximate surface area is 464 Å². The highest BCUT2D eigenvalue weighted by molar-refractivity contribution is 5.03. The van der Waals surface area contributed by atoms with Gasteiger partial charge in [0.15, 0.2) is 50.3 Å². The first-order chi connectivity index (χ1) is 36.8. The standard InChI is InChI=1S/C53H96N4O22/c1-21-41(29(58)14-32(64-13)65-21)74-37-20-53(12,57)48(28(8)71-37)79-49-40(62)39(61)44(24(4)72-49)73-33-15-30(59)42(22(2)66-33)75-35-18-51(10,55)46(26(6)69-35)77-34-16-31(60)43(23(3)67-34)76-36-19-52(11,56)47(27(7)70-36)78-38-17-50(9,54)45(63)25(5)68-38/h21-49,58-63H,14-20,54-57H2,1-13H3. The van der Waals surface area contributed by atoms with Crippen molar-refractivity contribution in [2.24, 2.45) is 22.9 Å². The van der Waals surface area contributed by atoms with Gasteiger partial charge in [0.25, 0.3) is 0 Å². The maximum absolute atomic E-state index is 11.5. The molecule has 14 N–H and O–H groups in total. The van der Waals surface area contributed by atoms with Crippen LogP contribution in [0.3, 0.4) is 0 Å². The minimum Gasteiger partial charge on any atom is -0.390 e. The number of nitrogens with two attached hydrogens (primary N) is 4. The van der Waals surface area contributed by atoms with Crippen molar-refractivity contribution in [3.05, 3.63) is 0 Å². The van der Waals surface area contributed by atoms with E-state index in [9.17, 15) is 30.6 Å². The first-order valence-corrected chi connectivity index (χ1v) is 28.4. The van der Waals surface area contributed by atoms with Gasteiger partial charge in [-0.05, 0) is 83.1 Å². The zero-order valence-electron chi connectivity index (χ0n) is 48.2. The Balaban J connectivity index is 0.773. The van der Waals surface area contributed by atoms with Gasteiger partial charge < -0.3 is 129 Å². The third-order valence-corrected chi connectivity index (χ3v) is 17.3. The fraction of sp³-hybridized carbons (Fsp3) is 1.00. The van der Waals surface area contributed by atoms with E-state index in [0.717, 1.165) is 0 Å². The summed E-state index contributed by atoms with van der Waals surface area (Å²) in [7, 11) is 1.51. The second kappa shape index (κ2) is 25.1. The molecule has 8 aliphatic heterocycles. The molecule has 0 bridgehead atoms. The highest BCUT2D eigenvalue weighted by Gasteiger charge is 2.55. The fourth-order valence-corrected chi connectivity index (χ4v) is 13.1. The maximum Gasteiger partial charge on any atom is 0.187 e. The topological polar surface area (TPSA) is 373 Å². The molecule has 79 heavy (non-hydrogen) atoms. The summed E-state index contributed by atoms with van der Waals surface area (Å²) in [6.45, 7) is 21.3. The molecular formula is C53H96N4O22. The van der Waals surface area contributed by atoms with Crippen LogP contribution in [-0.4, -0.2) is 238 Å². The molecule has 8 fully saturated rings. The fourth-order valence-electron chi connectivity index (χ4n) is 13.1. The van der Waals surface area contributed by atoms with E-state index < -0.39 is 201 Å². The summed E-state index contributed by atoms with van der Waals surface area (Å²) in [6.07, 6.45) is -23.2. The van der Waals surface area contributed by atoms with E-state index in [-0.39, 0.29) is 44.9 Å². The lowest BCUT2D eigenvalue weighted by Gasteiger charge is -2.50. The van der Waals surface area contributed by atoms with Gasteiger partial charge in [-0.2, -0.15) is 0 Å². The number of rotatable bonds is 15. The molecule has 0 aromatic rings. The number of hydrogen-bond acceptors (Lipinski definition) is 26. The van der Waals surface area contributed by atoms with Crippen LogP contribution < -0.4 is 22.9 Å². The van der Waals surface area contributed by atoms with Crippen molar-refractivity contribution in [3.8, 4) is 0 Å². The summed E-state index contributed by atoms with van der Waals surface area (Å²) >= 11 is 0. The minimum atomic E-state index is -1.57. The molecule has 26 nitrogen and oxygen atoms in total. The Morgan fingerprint density at radius 1 is 0.342 bits per heavy atom. The molecule has 8 rings (SSSR count). The third kappa shape index (κ3) is 14.5. The first kappa shape index (κ1) is 64.0. The first-order valence-electron chi connectivity index (χ1n) is 28.4. The van der Waals surface area contributed by atoms with Gasteiger partial charge in [-0.3, -0.25) is 0 Å². The van der Waals surface area contributed by atoms with Crippen molar-refractivity contribution < 1.29 is 106 Å². The van der Waals surface area contributed by atoms with Gasteiger partial charge in [-0.1, -0.05) is 0 Å². The second-order valence-corrected chi connectivity index (χ2v) is 25.1. The summed E-state index contributed by atoms with van der Waals surface area (Å²) < 4.78 is 98.6. The van der Waals surface area contributed by atoms with Crippen LogP contribution in [0.4, 0.5) is 0 Å². The van der Waals surface area contributed by atoms with Gasteiger partial charge in [0.1, 0.15) is 54.9 Å². The van der Waals surface area contributed by atoms with Crippen molar-refractivity contribution in [1.29, 1.82) is 0 Å². The predicted molar refractivity (Wildman–Crippen MR) is 275 cm³/mol. The van der Waals surface area contributed by atoms with Gasteiger partial charge >= 0.3 is 0 Å². The molecule has 0 aliphatic carbocycles. The Kier molecular flexibility index (Phi) is 20.3. The molecule has 26 heteroatoms. The van der Waals surface area contributed by atoms with Crippen molar-refractivity contribution in [2.75, 3.05) is 7.11 Å². The van der Waals surface area contributed by atoms with Gasteiger partial charge in [0.05, 0.1) is 73.2 Å². The van der Waals surface area contributed by atoms with Crippen LogP contribution in [0.2, 0.25) is 0 Å². The molecule has 33 unspecified atom stereocenters. The average molecular weight is 1140 g/mol. The maximum atomic E-state index is 11.5. The molecule has 0 aromatic heterocycles. The molecule has 8 heterocycles. The number of aliphatic hydroxyl groups is 6. The Morgan fingerprint density at radius 3 is 1.04 bits per heavy atom. The van der Waals surface area contributed by atoms with Crippen molar-refractivity contribution >= 4 is 0 Å². The van der Waals surface area contributed by atoms with Crippen LogP contribution in [0.1, 0.15) is 128 Å².